The average molecular weight is 251 g/mol. The zero-order valence-corrected chi connectivity index (χ0v) is 11.0. The molecule has 0 radical (unpaired) electrons. The number of rotatable bonds is 5. The van der Waals surface area contributed by atoms with Crippen molar-refractivity contribution in [2.24, 2.45) is 0 Å². The van der Waals surface area contributed by atoms with Crippen molar-refractivity contribution >= 4 is 5.82 Å². The Balaban J connectivity index is 1.95. The maximum Gasteiger partial charge on any atom is 0.129 e. The van der Waals surface area contributed by atoms with Crippen LogP contribution < -0.4 is 5.32 Å². The minimum absolute atomic E-state index is 0.137. The van der Waals surface area contributed by atoms with Crippen molar-refractivity contribution in [3.05, 3.63) is 18.1 Å². The van der Waals surface area contributed by atoms with Gasteiger partial charge in [-0.1, -0.05) is 13.3 Å². The van der Waals surface area contributed by atoms with Crippen LogP contribution >= 0.6 is 0 Å². The Morgan fingerprint density at radius 2 is 2.39 bits per heavy atom. The van der Waals surface area contributed by atoms with E-state index >= 15 is 0 Å². The maximum atomic E-state index is 10.4. The fourth-order valence-corrected chi connectivity index (χ4v) is 2.13. The molecule has 0 aromatic carbocycles. The first-order valence-electron chi connectivity index (χ1n) is 6.53. The standard InChI is InChI=1S/C13H21N3O2/c1-3-4-11-7-12(16-9-15-11)14-8-13(17)5-6-18-10(13)2/h7,9-10,17H,3-6,8H2,1-2H3,(H,14,15,16). The van der Waals surface area contributed by atoms with Gasteiger partial charge in [-0.2, -0.15) is 0 Å². The predicted molar refractivity (Wildman–Crippen MR) is 69.5 cm³/mol. The van der Waals surface area contributed by atoms with Crippen molar-refractivity contribution < 1.29 is 9.84 Å². The lowest BCUT2D eigenvalue weighted by Crippen LogP contribution is -2.43. The fraction of sp³-hybridized carbons (Fsp3) is 0.692. The van der Waals surface area contributed by atoms with E-state index in [0.29, 0.717) is 19.6 Å². The fourth-order valence-electron chi connectivity index (χ4n) is 2.13. The summed E-state index contributed by atoms with van der Waals surface area (Å²) in [4.78, 5) is 8.37. The second-order valence-corrected chi connectivity index (χ2v) is 4.86. The molecule has 1 saturated heterocycles. The van der Waals surface area contributed by atoms with E-state index in [1.54, 1.807) is 6.33 Å². The molecular weight excluding hydrogens is 230 g/mol. The predicted octanol–water partition coefficient (Wildman–Crippen LogP) is 1.38. The van der Waals surface area contributed by atoms with Gasteiger partial charge in [-0.25, -0.2) is 9.97 Å². The first kappa shape index (κ1) is 13.2. The molecule has 2 N–H and O–H groups in total. The van der Waals surface area contributed by atoms with Crippen molar-refractivity contribution in [2.75, 3.05) is 18.5 Å². The van der Waals surface area contributed by atoms with Crippen LogP contribution in [0, 0.1) is 0 Å². The number of aryl methyl sites for hydroxylation is 1. The van der Waals surface area contributed by atoms with Crippen LogP contribution in [0.5, 0.6) is 0 Å². The highest BCUT2D eigenvalue weighted by Crippen LogP contribution is 2.25. The number of nitrogens with one attached hydrogen (secondary N) is 1. The van der Waals surface area contributed by atoms with E-state index in [-0.39, 0.29) is 6.10 Å². The van der Waals surface area contributed by atoms with Crippen molar-refractivity contribution in [1.29, 1.82) is 0 Å². The molecule has 1 aliphatic rings. The topological polar surface area (TPSA) is 67.3 Å². The van der Waals surface area contributed by atoms with Gasteiger partial charge in [0.1, 0.15) is 17.7 Å². The van der Waals surface area contributed by atoms with Crippen LogP contribution in [-0.2, 0) is 11.2 Å². The molecule has 1 aromatic rings. The number of ether oxygens (including phenoxy) is 1. The van der Waals surface area contributed by atoms with Gasteiger partial charge in [-0.05, 0) is 13.3 Å². The summed E-state index contributed by atoms with van der Waals surface area (Å²) in [6.07, 6.45) is 4.09. The molecule has 1 aromatic heterocycles. The molecular formula is C13H21N3O2. The molecule has 0 saturated carbocycles. The Labute approximate surface area is 108 Å². The highest BCUT2D eigenvalue weighted by molar-refractivity contribution is 5.35. The molecule has 100 valence electrons. The molecule has 2 atom stereocenters. The Kier molecular flexibility index (Phi) is 4.14. The van der Waals surface area contributed by atoms with Gasteiger partial charge < -0.3 is 15.2 Å². The van der Waals surface area contributed by atoms with Crippen LogP contribution in [0.15, 0.2) is 12.4 Å². The van der Waals surface area contributed by atoms with Crippen molar-refractivity contribution in [3.8, 4) is 0 Å². The Morgan fingerprint density at radius 3 is 3.06 bits per heavy atom. The molecule has 2 rings (SSSR count). The van der Waals surface area contributed by atoms with Crippen LogP contribution in [0.4, 0.5) is 5.82 Å². The van der Waals surface area contributed by atoms with E-state index < -0.39 is 5.60 Å². The summed E-state index contributed by atoms with van der Waals surface area (Å²) in [5.74, 6) is 0.765. The Hall–Kier alpha value is -1.20. The van der Waals surface area contributed by atoms with E-state index in [4.69, 9.17) is 4.74 Å². The first-order chi connectivity index (χ1) is 8.64. The number of hydrogen-bond acceptors (Lipinski definition) is 5. The Morgan fingerprint density at radius 1 is 1.56 bits per heavy atom. The number of anilines is 1. The largest absolute Gasteiger partial charge is 0.385 e. The zero-order chi connectivity index (χ0) is 13.0. The van der Waals surface area contributed by atoms with E-state index in [1.165, 1.54) is 0 Å². The second-order valence-electron chi connectivity index (χ2n) is 4.86. The maximum absolute atomic E-state index is 10.4. The van der Waals surface area contributed by atoms with Gasteiger partial charge in [-0.15, -0.1) is 0 Å². The van der Waals surface area contributed by atoms with Gasteiger partial charge in [-0.3, -0.25) is 0 Å². The summed E-state index contributed by atoms with van der Waals surface area (Å²) in [6, 6.07) is 1.94. The quantitative estimate of drug-likeness (QED) is 0.827. The van der Waals surface area contributed by atoms with Crippen LogP contribution in [0.25, 0.3) is 0 Å². The first-order valence-corrected chi connectivity index (χ1v) is 6.53. The summed E-state index contributed by atoms with van der Waals surface area (Å²) < 4.78 is 5.40. The molecule has 0 spiro atoms. The van der Waals surface area contributed by atoms with Gasteiger partial charge >= 0.3 is 0 Å². The van der Waals surface area contributed by atoms with E-state index in [9.17, 15) is 5.11 Å². The van der Waals surface area contributed by atoms with Crippen molar-refractivity contribution in [1.82, 2.24) is 9.97 Å². The number of aromatic nitrogens is 2. The molecule has 2 heterocycles. The minimum atomic E-state index is -0.796. The van der Waals surface area contributed by atoms with Gasteiger partial charge in [0.05, 0.1) is 6.10 Å². The van der Waals surface area contributed by atoms with Crippen LogP contribution in [0.3, 0.4) is 0 Å². The molecule has 1 aliphatic heterocycles. The van der Waals surface area contributed by atoms with Crippen molar-refractivity contribution in [2.45, 2.75) is 44.8 Å². The lowest BCUT2D eigenvalue weighted by atomic mass is 9.97. The summed E-state index contributed by atoms with van der Waals surface area (Å²) in [5.41, 5.74) is 0.230. The third-order valence-corrected chi connectivity index (χ3v) is 3.47. The van der Waals surface area contributed by atoms with Gasteiger partial charge in [0.2, 0.25) is 0 Å². The summed E-state index contributed by atoms with van der Waals surface area (Å²) >= 11 is 0. The molecule has 5 nitrogen and oxygen atoms in total. The third kappa shape index (κ3) is 2.97. The smallest absolute Gasteiger partial charge is 0.129 e. The lowest BCUT2D eigenvalue weighted by Gasteiger charge is -2.26. The third-order valence-electron chi connectivity index (χ3n) is 3.47. The monoisotopic (exact) mass is 251 g/mol. The van der Waals surface area contributed by atoms with Gasteiger partial charge in [0.15, 0.2) is 0 Å². The minimum Gasteiger partial charge on any atom is -0.385 e. The number of hydrogen-bond donors (Lipinski definition) is 2. The van der Waals surface area contributed by atoms with E-state index in [0.717, 1.165) is 24.4 Å². The molecule has 0 bridgehead atoms. The normalized spacial score (nSPS) is 27.4. The molecule has 0 aliphatic carbocycles. The summed E-state index contributed by atoms with van der Waals surface area (Å²) in [5, 5.41) is 13.5. The molecule has 1 fully saturated rings. The van der Waals surface area contributed by atoms with Crippen LogP contribution in [0.1, 0.15) is 32.4 Å². The van der Waals surface area contributed by atoms with E-state index in [2.05, 4.69) is 22.2 Å². The molecule has 0 amide bonds. The molecule has 18 heavy (non-hydrogen) atoms. The van der Waals surface area contributed by atoms with Crippen LogP contribution in [-0.4, -0.2) is 39.9 Å². The summed E-state index contributed by atoms with van der Waals surface area (Å²) in [6.45, 7) is 5.09. The zero-order valence-electron chi connectivity index (χ0n) is 11.0. The average Bonchev–Trinajstić information content (AvgIpc) is 2.69. The highest BCUT2D eigenvalue weighted by Gasteiger charge is 2.39. The molecule has 2 unspecified atom stereocenters. The van der Waals surface area contributed by atoms with Gasteiger partial charge in [0.25, 0.3) is 0 Å². The number of nitrogens with zero attached hydrogens (tertiary/aromatic N) is 2. The highest BCUT2D eigenvalue weighted by atomic mass is 16.5. The lowest BCUT2D eigenvalue weighted by molar-refractivity contribution is -0.0176. The second kappa shape index (κ2) is 5.63. The van der Waals surface area contributed by atoms with Gasteiger partial charge in [0, 0.05) is 31.3 Å². The van der Waals surface area contributed by atoms with E-state index in [1.807, 2.05) is 13.0 Å². The van der Waals surface area contributed by atoms with Crippen molar-refractivity contribution in [3.63, 3.8) is 0 Å². The molecule has 5 heteroatoms. The van der Waals surface area contributed by atoms with Crippen LogP contribution in [0.2, 0.25) is 0 Å². The SMILES string of the molecule is CCCc1cc(NCC2(O)CCOC2C)ncn1. The summed E-state index contributed by atoms with van der Waals surface area (Å²) in [7, 11) is 0. The Bertz CT molecular complexity index is 400. The number of aliphatic hydroxyl groups is 1.